The Morgan fingerprint density at radius 2 is 2.10 bits per heavy atom. The van der Waals surface area contributed by atoms with Crippen LogP contribution in [0.4, 0.5) is 0 Å². The Hall–Kier alpha value is -2.57. The molecule has 0 radical (unpaired) electrons. The van der Waals surface area contributed by atoms with Gasteiger partial charge >= 0.3 is 5.97 Å². The molecule has 1 aromatic heterocycles. The van der Waals surface area contributed by atoms with Gasteiger partial charge < -0.3 is 14.6 Å². The molecule has 2 aromatic rings. The number of aryl methyl sites for hydroxylation is 1. The SMILES string of the molecule is CCOC(=O)c1n[nH]nc1-c1cc(C)c(C)c(OC)c1O. The monoisotopic (exact) mass is 291 g/mol. The van der Waals surface area contributed by atoms with Crippen LogP contribution < -0.4 is 4.74 Å². The summed E-state index contributed by atoms with van der Waals surface area (Å²) in [5.74, 6) is -0.333. The molecule has 1 heterocycles. The first-order valence-corrected chi connectivity index (χ1v) is 6.46. The highest BCUT2D eigenvalue weighted by atomic mass is 16.5. The van der Waals surface area contributed by atoms with Crippen molar-refractivity contribution in [3.05, 3.63) is 22.9 Å². The van der Waals surface area contributed by atoms with Gasteiger partial charge in [-0.3, -0.25) is 0 Å². The number of aromatic nitrogens is 3. The summed E-state index contributed by atoms with van der Waals surface area (Å²) in [6, 6.07) is 1.73. The first-order valence-electron chi connectivity index (χ1n) is 6.46. The third-order valence-corrected chi connectivity index (χ3v) is 3.24. The number of esters is 1. The van der Waals surface area contributed by atoms with Crippen molar-refractivity contribution < 1.29 is 19.4 Å². The zero-order valence-electron chi connectivity index (χ0n) is 12.4. The van der Waals surface area contributed by atoms with Gasteiger partial charge in [-0.2, -0.15) is 10.3 Å². The number of aromatic hydroxyl groups is 1. The molecule has 2 N–H and O–H groups in total. The zero-order chi connectivity index (χ0) is 15.6. The molecule has 0 saturated heterocycles. The van der Waals surface area contributed by atoms with Crippen LogP contribution in [0.1, 0.15) is 28.5 Å². The lowest BCUT2D eigenvalue weighted by atomic mass is 10.0. The molecule has 0 spiro atoms. The fourth-order valence-electron chi connectivity index (χ4n) is 2.06. The van der Waals surface area contributed by atoms with Gasteiger partial charge in [-0.15, -0.1) is 5.10 Å². The summed E-state index contributed by atoms with van der Waals surface area (Å²) in [6.07, 6.45) is 0. The molecule has 7 heteroatoms. The van der Waals surface area contributed by atoms with E-state index in [1.807, 2.05) is 13.8 Å². The van der Waals surface area contributed by atoms with Crippen LogP contribution in [0.2, 0.25) is 0 Å². The van der Waals surface area contributed by atoms with E-state index in [1.54, 1.807) is 13.0 Å². The molecule has 0 amide bonds. The van der Waals surface area contributed by atoms with Crippen molar-refractivity contribution in [2.24, 2.45) is 0 Å². The number of hydrogen-bond acceptors (Lipinski definition) is 6. The van der Waals surface area contributed by atoms with Gasteiger partial charge in [0.05, 0.1) is 19.3 Å². The smallest absolute Gasteiger partial charge is 0.361 e. The summed E-state index contributed by atoms with van der Waals surface area (Å²) >= 11 is 0. The summed E-state index contributed by atoms with van der Waals surface area (Å²) in [5.41, 5.74) is 2.34. The van der Waals surface area contributed by atoms with Crippen LogP contribution in [-0.2, 0) is 4.74 Å². The van der Waals surface area contributed by atoms with Gasteiger partial charge in [0.1, 0.15) is 5.69 Å². The first kappa shape index (κ1) is 14.8. The van der Waals surface area contributed by atoms with Gasteiger partial charge in [-0.25, -0.2) is 4.79 Å². The van der Waals surface area contributed by atoms with Crippen molar-refractivity contribution in [1.82, 2.24) is 15.4 Å². The lowest BCUT2D eigenvalue weighted by Gasteiger charge is -2.13. The van der Waals surface area contributed by atoms with Crippen LogP contribution in [-0.4, -0.2) is 40.2 Å². The quantitative estimate of drug-likeness (QED) is 0.836. The van der Waals surface area contributed by atoms with E-state index < -0.39 is 5.97 Å². The predicted molar refractivity (Wildman–Crippen MR) is 75.5 cm³/mol. The molecule has 112 valence electrons. The van der Waals surface area contributed by atoms with Crippen LogP contribution in [0.15, 0.2) is 6.07 Å². The molecule has 0 aliphatic heterocycles. The second-order valence-corrected chi connectivity index (χ2v) is 4.49. The fraction of sp³-hybridized carbons (Fsp3) is 0.357. The lowest BCUT2D eigenvalue weighted by molar-refractivity contribution is 0.0520. The number of methoxy groups -OCH3 is 1. The summed E-state index contributed by atoms with van der Waals surface area (Å²) < 4.78 is 10.1. The number of nitrogens with one attached hydrogen (secondary N) is 1. The van der Waals surface area contributed by atoms with Gasteiger partial charge in [0, 0.05) is 0 Å². The Bertz CT molecular complexity index is 679. The highest BCUT2D eigenvalue weighted by Gasteiger charge is 2.24. The molecule has 2 rings (SSSR count). The van der Waals surface area contributed by atoms with Gasteiger partial charge in [0.25, 0.3) is 0 Å². The van der Waals surface area contributed by atoms with Crippen LogP contribution in [0.5, 0.6) is 11.5 Å². The normalized spacial score (nSPS) is 10.5. The number of H-pyrrole nitrogens is 1. The zero-order valence-corrected chi connectivity index (χ0v) is 12.4. The number of hydrogen-bond donors (Lipinski definition) is 2. The molecule has 7 nitrogen and oxygen atoms in total. The minimum atomic E-state index is -0.599. The van der Waals surface area contributed by atoms with E-state index in [2.05, 4.69) is 15.4 Å². The molecule has 1 aromatic carbocycles. The van der Waals surface area contributed by atoms with Crippen molar-refractivity contribution in [3.8, 4) is 22.8 Å². The Morgan fingerprint density at radius 3 is 2.71 bits per heavy atom. The third-order valence-electron chi connectivity index (χ3n) is 3.24. The van der Waals surface area contributed by atoms with Gasteiger partial charge in [0.15, 0.2) is 17.2 Å². The van der Waals surface area contributed by atoms with Crippen molar-refractivity contribution in [1.29, 1.82) is 0 Å². The largest absolute Gasteiger partial charge is 0.504 e. The third kappa shape index (κ3) is 2.54. The number of phenols is 1. The predicted octanol–water partition coefficient (Wildman–Crippen LogP) is 1.98. The second kappa shape index (κ2) is 5.82. The highest BCUT2D eigenvalue weighted by Crippen LogP contribution is 2.41. The maximum atomic E-state index is 11.9. The summed E-state index contributed by atoms with van der Waals surface area (Å²) in [5, 5.41) is 20.5. The number of rotatable bonds is 4. The Labute approximate surface area is 121 Å². The van der Waals surface area contributed by atoms with Crippen LogP contribution in [0, 0.1) is 13.8 Å². The molecule has 21 heavy (non-hydrogen) atoms. The number of aromatic amines is 1. The Morgan fingerprint density at radius 1 is 1.38 bits per heavy atom. The first-order chi connectivity index (χ1) is 10.0. The average molecular weight is 291 g/mol. The van der Waals surface area contributed by atoms with E-state index >= 15 is 0 Å². The fourth-order valence-corrected chi connectivity index (χ4v) is 2.06. The molecule has 0 unspecified atom stereocenters. The summed E-state index contributed by atoms with van der Waals surface area (Å²) in [6.45, 7) is 5.65. The summed E-state index contributed by atoms with van der Waals surface area (Å²) in [4.78, 5) is 11.9. The average Bonchev–Trinajstić information content (AvgIpc) is 2.93. The molecule has 0 atom stereocenters. The number of nitrogens with zero attached hydrogens (tertiary/aromatic N) is 2. The summed E-state index contributed by atoms with van der Waals surface area (Å²) in [7, 11) is 1.47. The van der Waals surface area contributed by atoms with Crippen LogP contribution in [0.25, 0.3) is 11.3 Å². The Kier molecular flexibility index (Phi) is 4.11. The maximum absolute atomic E-state index is 11.9. The molecule has 0 aliphatic carbocycles. The topological polar surface area (TPSA) is 97.3 Å². The molecular formula is C14H17N3O4. The van der Waals surface area contributed by atoms with Crippen molar-refractivity contribution >= 4 is 5.97 Å². The standard InChI is InChI=1S/C14H17N3O4/c1-5-21-14(19)11-10(15-17-16-11)9-6-7(2)8(3)13(20-4)12(9)18/h6,18H,5H2,1-4H3,(H,15,16,17). The van der Waals surface area contributed by atoms with Crippen molar-refractivity contribution in [3.63, 3.8) is 0 Å². The van der Waals surface area contributed by atoms with E-state index in [0.717, 1.165) is 11.1 Å². The maximum Gasteiger partial charge on any atom is 0.361 e. The van der Waals surface area contributed by atoms with Crippen molar-refractivity contribution in [2.75, 3.05) is 13.7 Å². The van der Waals surface area contributed by atoms with Crippen LogP contribution in [0.3, 0.4) is 0 Å². The van der Waals surface area contributed by atoms with Gasteiger partial charge in [-0.05, 0) is 38.0 Å². The number of ether oxygens (including phenoxy) is 2. The van der Waals surface area contributed by atoms with E-state index in [0.29, 0.717) is 11.3 Å². The van der Waals surface area contributed by atoms with E-state index in [-0.39, 0.29) is 23.7 Å². The number of carbonyl (C=O) groups excluding carboxylic acids is 1. The number of benzene rings is 1. The van der Waals surface area contributed by atoms with E-state index in [9.17, 15) is 9.90 Å². The molecule has 0 fully saturated rings. The molecular weight excluding hydrogens is 274 g/mol. The van der Waals surface area contributed by atoms with Gasteiger partial charge in [-0.1, -0.05) is 0 Å². The number of phenolic OH excluding ortho intramolecular Hbond substituents is 1. The van der Waals surface area contributed by atoms with E-state index in [4.69, 9.17) is 9.47 Å². The minimum absolute atomic E-state index is 0.0254. The molecule has 0 saturated carbocycles. The molecule has 0 bridgehead atoms. The number of carbonyl (C=O) groups is 1. The lowest BCUT2D eigenvalue weighted by Crippen LogP contribution is -2.07. The Balaban J connectivity index is 2.61. The van der Waals surface area contributed by atoms with Gasteiger partial charge in [0.2, 0.25) is 0 Å². The minimum Gasteiger partial charge on any atom is -0.504 e. The van der Waals surface area contributed by atoms with Crippen molar-refractivity contribution in [2.45, 2.75) is 20.8 Å². The van der Waals surface area contributed by atoms with E-state index in [1.165, 1.54) is 7.11 Å². The highest BCUT2D eigenvalue weighted by molar-refractivity contribution is 5.95. The van der Waals surface area contributed by atoms with Crippen LogP contribution >= 0.6 is 0 Å². The molecule has 0 aliphatic rings. The second-order valence-electron chi connectivity index (χ2n) is 4.49.